The minimum atomic E-state index is -1.17. The predicted octanol–water partition coefficient (Wildman–Crippen LogP) is 1.63. The second kappa shape index (κ2) is 6.28. The number of aliphatic hydroxyl groups is 1. The third-order valence-electron chi connectivity index (χ3n) is 3.01. The normalized spacial score (nSPS) is 25.2. The predicted molar refractivity (Wildman–Crippen MR) is 78.2 cm³/mol. The van der Waals surface area contributed by atoms with Gasteiger partial charge in [0.05, 0.1) is 12.7 Å². The Hall–Kier alpha value is -1.53. The van der Waals surface area contributed by atoms with Crippen LogP contribution in [0, 0.1) is 0 Å². The molecule has 1 aromatic carbocycles. The Morgan fingerprint density at radius 2 is 2.20 bits per heavy atom. The van der Waals surface area contributed by atoms with Crippen molar-refractivity contribution in [2.75, 3.05) is 12.9 Å². The highest BCUT2D eigenvalue weighted by atomic mass is 32.2. The molecule has 108 valence electrons. The summed E-state index contributed by atoms with van der Waals surface area (Å²) in [5, 5.41) is 10.1. The Labute approximate surface area is 122 Å². The number of ether oxygens (including phenoxy) is 2. The molecule has 2 atom stereocenters. The van der Waals surface area contributed by atoms with Crippen LogP contribution >= 0.6 is 11.8 Å². The molecule has 0 spiro atoms. The van der Waals surface area contributed by atoms with Crippen LogP contribution in [0.25, 0.3) is 0 Å². The molecule has 1 aromatic rings. The van der Waals surface area contributed by atoms with Crippen molar-refractivity contribution in [3.8, 4) is 5.75 Å². The lowest BCUT2D eigenvalue weighted by atomic mass is 9.99. The quantitative estimate of drug-likeness (QED) is 0.855. The van der Waals surface area contributed by atoms with Gasteiger partial charge in [-0.15, -0.1) is 11.8 Å². The maximum absolute atomic E-state index is 12.0. The summed E-state index contributed by atoms with van der Waals surface area (Å²) in [6.45, 7) is 1.74. The number of rotatable bonds is 4. The van der Waals surface area contributed by atoms with Crippen molar-refractivity contribution < 1.29 is 19.4 Å². The van der Waals surface area contributed by atoms with Gasteiger partial charge < -0.3 is 14.6 Å². The molecule has 1 aliphatic rings. The van der Waals surface area contributed by atoms with Gasteiger partial charge in [0.1, 0.15) is 18.0 Å². The van der Waals surface area contributed by atoms with Crippen LogP contribution in [-0.4, -0.2) is 41.1 Å². The summed E-state index contributed by atoms with van der Waals surface area (Å²) in [7, 11) is 1.59. The Morgan fingerprint density at radius 1 is 1.50 bits per heavy atom. The number of aliphatic imine (C=N–C) groups is 1. The van der Waals surface area contributed by atoms with Crippen LogP contribution in [0.3, 0.4) is 0 Å². The van der Waals surface area contributed by atoms with E-state index in [4.69, 9.17) is 9.47 Å². The highest BCUT2D eigenvalue weighted by Gasteiger charge is 2.40. The van der Waals surface area contributed by atoms with E-state index in [1.54, 1.807) is 31.7 Å². The van der Waals surface area contributed by atoms with E-state index in [0.717, 1.165) is 11.3 Å². The number of hydrogen-bond acceptors (Lipinski definition) is 6. The van der Waals surface area contributed by atoms with E-state index < -0.39 is 17.6 Å². The fourth-order valence-electron chi connectivity index (χ4n) is 1.82. The SMILES string of the molecule is COc1ccc(COC(=O)C2N=CSCC2(C)O)cc1. The van der Waals surface area contributed by atoms with Gasteiger partial charge in [0, 0.05) is 5.75 Å². The molecule has 1 N–H and O–H groups in total. The molecule has 1 aliphatic heterocycles. The van der Waals surface area contributed by atoms with Crippen molar-refractivity contribution in [2.24, 2.45) is 4.99 Å². The largest absolute Gasteiger partial charge is 0.497 e. The fourth-order valence-corrected chi connectivity index (χ4v) is 2.60. The Balaban J connectivity index is 1.94. The number of hydrogen-bond donors (Lipinski definition) is 1. The van der Waals surface area contributed by atoms with Gasteiger partial charge in [0.2, 0.25) is 0 Å². The molecule has 20 heavy (non-hydrogen) atoms. The molecule has 0 bridgehead atoms. The van der Waals surface area contributed by atoms with E-state index in [2.05, 4.69) is 4.99 Å². The highest BCUT2D eigenvalue weighted by Crippen LogP contribution is 2.24. The van der Waals surface area contributed by atoms with Gasteiger partial charge in [-0.05, 0) is 24.6 Å². The van der Waals surface area contributed by atoms with Crippen molar-refractivity contribution >= 4 is 23.3 Å². The van der Waals surface area contributed by atoms with Crippen LogP contribution in [-0.2, 0) is 16.1 Å². The average Bonchev–Trinajstić information content (AvgIpc) is 2.45. The van der Waals surface area contributed by atoms with E-state index in [0.29, 0.717) is 5.75 Å². The summed E-state index contributed by atoms with van der Waals surface area (Å²) < 4.78 is 10.3. The van der Waals surface area contributed by atoms with Crippen LogP contribution < -0.4 is 4.74 Å². The number of benzene rings is 1. The molecule has 0 saturated carbocycles. The van der Waals surface area contributed by atoms with Gasteiger partial charge in [-0.3, -0.25) is 4.99 Å². The van der Waals surface area contributed by atoms with Crippen molar-refractivity contribution in [2.45, 2.75) is 25.2 Å². The molecule has 0 radical (unpaired) electrons. The first-order valence-corrected chi connectivity index (χ1v) is 7.23. The smallest absolute Gasteiger partial charge is 0.334 e. The number of esters is 1. The van der Waals surface area contributed by atoms with Crippen molar-refractivity contribution in [3.05, 3.63) is 29.8 Å². The Kier molecular flexibility index (Phi) is 4.67. The molecule has 6 heteroatoms. The molecule has 0 amide bonds. The molecule has 5 nitrogen and oxygen atoms in total. The molecule has 2 rings (SSSR count). The second-order valence-electron chi connectivity index (χ2n) is 4.78. The topological polar surface area (TPSA) is 68.1 Å². The maximum atomic E-state index is 12.0. The Morgan fingerprint density at radius 3 is 2.80 bits per heavy atom. The van der Waals surface area contributed by atoms with Crippen LogP contribution in [0.15, 0.2) is 29.3 Å². The van der Waals surface area contributed by atoms with Gasteiger partial charge >= 0.3 is 5.97 Å². The monoisotopic (exact) mass is 295 g/mol. The van der Waals surface area contributed by atoms with Gasteiger partial charge in [0.15, 0.2) is 6.04 Å². The third-order valence-corrected chi connectivity index (χ3v) is 4.03. The van der Waals surface area contributed by atoms with Crippen molar-refractivity contribution in [3.63, 3.8) is 0 Å². The fraction of sp³-hybridized carbons (Fsp3) is 0.429. The zero-order valence-corrected chi connectivity index (χ0v) is 12.2. The molecule has 0 aliphatic carbocycles. The number of thioether (sulfide) groups is 1. The van der Waals surface area contributed by atoms with Crippen LogP contribution in [0.1, 0.15) is 12.5 Å². The number of carbonyl (C=O) groups excluding carboxylic acids is 1. The zero-order chi connectivity index (χ0) is 14.6. The van der Waals surface area contributed by atoms with E-state index in [-0.39, 0.29) is 6.61 Å². The Bertz CT molecular complexity index is 498. The van der Waals surface area contributed by atoms with Gasteiger partial charge in [-0.2, -0.15) is 0 Å². The first kappa shape index (κ1) is 14.9. The van der Waals surface area contributed by atoms with E-state index >= 15 is 0 Å². The lowest BCUT2D eigenvalue weighted by molar-refractivity contribution is -0.151. The zero-order valence-electron chi connectivity index (χ0n) is 11.4. The minimum Gasteiger partial charge on any atom is -0.497 e. The van der Waals surface area contributed by atoms with E-state index in [1.165, 1.54) is 11.8 Å². The molecular formula is C14H17NO4S. The molecular weight excluding hydrogens is 278 g/mol. The summed E-state index contributed by atoms with van der Waals surface area (Å²) in [5.41, 5.74) is 1.26. The lowest BCUT2D eigenvalue weighted by Gasteiger charge is -2.30. The molecule has 0 fully saturated rings. The van der Waals surface area contributed by atoms with E-state index in [9.17, 15) is 9.90 Å². The first-order valence-electron chi connectivity index (χ1n) is 6.18. The number of carbonyl (C=O) groups is 1. The van der Waals surface area contributed by atoms with Crippen molar-refractivity contribution in [1.29, 1.82) is 0 Å². The summed E-state index contributed by atoms with van der Waals surface area (Å²) >= 11 is 1.38. The molecule has 0 aromatic heterocycles. The van der Waals surface area contributed by atoms with Gasteiger partial charge in [-0.1, -0.05) is 12.1 Å². The van der Waals surface area contributed by atoms with Crippen LogP contribution in [0.4, 0.5) is 0 Å². The van der Waals surface area contributed by atoms with Crippen molar-refractivity contribution in [1.82, 2.24) is 0 Å². The average molecular weight is 295 g/mol. The highest BCUT2D eigenvalue weighted by molar-refractivity contribution is 8.12. The standard InChI is InChI=1S/C14H17NO4S/c1-14(17)8-20-9-15-12(14)13(16)19-7-10-3-5-11(18-2)6-4-10/h3-6,9,12,17H,7-8H2,1-2H3. The summed E-state index contributed by atoms with van der Waals surface area (Å²) in [6, 6.07) is 6.39. The molecule has 2 unspecified atom stereocenters. The summed E-state index contributed by atoms with van der Waals surface area (Å²) in [5.74, 6) is 0.665. The molecule has 0 saturated heterocycles. The van der Waals surface area contributed by atoms with Gasteiger partial charge in [0.25, 0.3) is 0 Å². The van der Waals surface area contributed by atoms with Crippen LogP contribution in [0.2, 0.25) is 0 Å². The summed E-state index contributed by atoms with van der Waals surface area (Å²) in [4.78, 5) is 16.0. The van der Waals surface area contributed by atoms with Crippen LogP contribution in [0.5, 0.6) is 5.75 Å². The van der Waals surface area contributed by atoms with Gasteiger partial charge in [-0.25, -0.2) is 4.79 Å². The maximum Gasteiger partial charge on any atom is 0.334 e. The number of methoxy groups -OCH3 is 1. The summed E-state index contributed by atoms with van der Waals surface area (Å²) in [6.07, 6.45) is 0. The molecule has 1 heterocycles. The van der Waals surface area contributed by atoms with E-state index in [1.807, 2.05) is 12.1 Å². The second-order valence-corrected chi connectivity index (χ2v) is 5.61. The third kappa shape index (κ3) is 3.52. The first-order chi connectivity index (χ1) is 9.53. The number of nitrogens with zero attached hydrogens (tertiary/aromatic N) is 1. The minimum absolute atomic E-state index is 0.151. The lowest BCUT2D eigenvalue weighted by Crippen LogP contribution is -2.48.